The van der Waals surface area contributed by atoms with Gasteiger partial charge in [-0.15, -0.1) is 0 Å². The first-order valence-electron chi connectivity index (χ1n) is 12.3. The lowest BCUT2D eigenvalue weighted by atomic mass is 10.0. The Hall–Kier alpha value is -3.90. The number of rotatable bonds is 8. The van der Waals surface area contributed by atoms with Crippen LogP contribution in [0.4, 0.5) is 0 Å². The SMILES string of the molecule is Cc1cccc(Cn2c(C)c(C=NNC(=O)C(NC(=O)c3ccccc3Cl)C(C)C)c3ccccc32)c1. The van der Waals surface area contributed by atoms with Crippen molar-refractivity contribution in [1.82, 2.24) is 15.3 Å². The van der Waals surface area contributed by atoms with E-state index in [2.05, 4.69) is 70.7 Å². The first-order valence-corrected chi connectivity index (χ1v) is 12.7. The Bertz CT molecular complexity index is 1470. The lowest BCUT2D eigenvalue weighted by molar-refractivity contribution is -0.123. The summed E-state index contributed by atoms with van der Waals surface area (Å²) in [4.78, 5) is 25.7. The number of hydrogen-bond acceptors (Lipinski definition) is 3. The molecule has 7 heteroatoms. The van der Waals surface area contributed by atoms with E-state index < -0.39 is 17.9 Å². The average molecular weight is 515 g/mol. The zero-order valence-electron chi connectivity index (χ0n) is 21.5. The minimum absolute atomic E-state index is 0.153. The molecule has 37 heavy (non-hydrogen) atoms. The number of nitrogens with zero attached hydrogens (tertiary/aromatic N) is 2. The lowest BCUT2D eigenvalue weighted by Crippen LogP contribution is -2.48. The molecule has 1 unspecified atom stereocenters. The van der Waals surface area contributed by atoms with E-state index in [-0.39, 0.29) is 5.92 Å². The second-order valence-electron chi connectivity index (χ2n) is 9.50. The van der Waals surface area contributed by atoms with Gasteiger partial charge >= 0.3 is 0 Å². The molecule has 6 nitrogen and oxygen atoms in total. The highest BCUT2D eigenvalue weighted by atomic mass is 35.5. The number of fused-ring (bicyclic) bond motifs is 1. The largest absolute Gasteiger partial charge is 0.340 e. The number of halogens is 1. The monoisotopic (exact) mass is 514 g/mol. The number of aryl methyl sites for hydroxylation is 1. The molecule has 2 amide bonds. The molecule has 1 atom stereocenters. The van der Waals surface area contributed by atoms with Gasteiger partial charge in [-0.05, 0) is 43.5 Å². The molecular weight excluding hydrogens is 484 g/mol. The van der Waals surface area contributed by atoms with Crippen molar-refractivity contribution >= 4 is 40.5 Å². The summed E-state index contributed by atoms with van der Waals surface area (Å²) in [6, 6.07) is 22.6. The topological polar surface area (TPSA) is 75.5 Å². The summed E-state index contributed by atoms with van der Waals surface area (Å²) in [6.45, 7) is 8.61. The molecule has 0 bridgehead atoms. The van der Waals surface area contributed by atoms with Crippen LogP contribution >= 0.6 is 11.6 Å². The predicted octanol–water partition coefficient (Wildman–Crippen LogP) is 5.86. The van der Waals surface area contributed by atoms with E-state index in [4.69, 9.17) is 11.6 Å². The number of carbonyl (C=O) groups is 2. The van der Waals surface area contributed by atoms with Gasteiger partial charge in [0.1, 0.15) is 6.04 Å². The first kappa shape index (κ1) is 26.2. The molecule has 0 saturated heterocycles. The molecule has 0 saturated carbocycles. The Morgan fingerprint density at radius 3 is 2.46 bits per heavy atom. The van der Waals surface area contributed by atoms with Gasteiger partial charge in [-0.2, -0.15) is 5.10 Å². The fourth-order valence-corrected chi connectivity index (χ4v) is 4.67. The van der Waals surface area contributed by atoms with E-state index in [0.717, 1.165) is 28.7 Å². The van der Waals surface area contributed by atoms with Crippen LogP contribution in [-0.4, -0.2) is 28.6 Å². The minimum Gasteiger partial charge on any atom is -0.340 e. The Kier molecular flexibility index (Phi) is 8.09. The van der Waals surface area contributed by atoms with E-state index in [1.54, 1.807) is 30.5 Å². The second-order valence-corrected chi connectivity index (χ2v) is 9.91. The zero-order chi connectivity index (χ0) is 26.5. The molecule has 3 aromatic carbocycles. The lowest BCUT2D eigenvalue weighted by Gasteiger charge is -2.20. The van der Waals surface area contributed by atoms with Crippen molar-refractivity contribution in [3.05, 3.63) is 106 Å². The van der Waals surface area contributed by atoms with Crippen molar-refractivity contribution in [2.75, 3.05) is 0 Å². The number of aromatic nitrogens is 1. The van der Waals surface area contributed by atoms with E-state index in [1.165, 1.54) is 11.1 Å². The van der Waals surface area contributed by atoms with Gasteiger partial charge in [0.25, 0.3) is 11.8 Å². The summed E-state index contributed by atoms with van der Waals surface area (Å²) in [5, 5.41) is 8.44. The third-order valence-corrected chi connectivity index (χ3v) is 6.76. The van der Waals surface area contributed by atoms with Crippen molar-refractivity contribution in [3.63, 3.8) is 0 Å². The van der Waals surface area contributed by atoms with Gasteiger partial charge in [-0.25, -0.2) is 5.43 Å². The van der Waals surface area contributed by atoms with Crippen LogP contribution < -0.4 is 10.7 Å². The molecule has 0 aliphatic rings. The van der Waals surface area contributed by atoms with Crippen LogP contribution in [0.3, 0.4) is 0 Å². The maximum atomic E-state index is 13.0. The normalized spacial score (nSPS) is 12.3. The zero-order valence-corrected chi connectivity index (χ0v) is 22.2. The van der Waals surface area contributed by atoms with Crippen LogP contribution in [0.15, 0.2) is 77.9 Å². The van der Waals surface area contributed by atoms with Crippen molar-refractivity contribution < 1.29 is 9.59 Å². The molecule has 1 heterocycles. The van der Waals surface area contributed by atoms with Crippen molar-refractivity contribution in [3.8, 4) is 0 Å². The third kappa shape index (κ3) is 5.92. The number of benzene rings is 3. The van der Waals surface area contributed by atoms with Gasteiger partial charge in [-0.1, -0.05) is 85.6 Å². The molecule has 0 aliphatic heterocycles. The van der Waals surface area contributed by atoms with Crippen molar-refractivity contribution in [2.24, 2.45) is 11.0 Å². The maximum absolute atomic E-state index is 13.0. The highest BCUT2D eigenvalue weighted by Gasteiger charge is 2.25. The minimum atomic E-state index is -0.773. The molecule has 0 spiro atoms. The van der Waals surface area contributed by atoms with Gasteiger partial charge in [0, 0.05) is 28.7 Å². The summed E-state index contributed by atoms with van der Waals surface area (Å²) in [5.41, 5.74) is 8.46. The molecule has 2 N–H and O–H groups in total. The third-order valence-electron chi connectivity index (χ3n) is 6.43. The van der Waals surface area contributed by atoms with E-state index in [0.29, 0.717) is 10.6 Å². The summed E-state index contributed by atoms with van der Waals surface area (Å²) >= 11 is 6.15. The number of hydrazone groups is 1. The Labute approximate surface area is 222 Å². The fourth-order valence-electron chi connectivity index (χ4n) is 4.45. The molecule has 4 aromatic rings. The number of nitrogens with one attached hydrogen (secondary N) is 2. The van der Waals surface area contributed by atoms with E-state index in [1.807, 2.05) is 26.0 Å². The molecule has 0 fully saturated rings. The Morgan fingerprint density at radius 2 is 1.73 bits per heavy atom. The molecule has 0 aliphatic carbocycles. The number of para-hydroxylation sites is 1. The van der Waals surface area contributed by atoms with Crippen LogP contribution in [0.2, 0.25) is 5.02 Å². The van der Waals surface area contributed by atoms with Crippen LogP contribution in [0.5, 0.6) is 0 Å². The summed E-state index contributed by atoms with van der Waals surface area (Å²) in [6.07, 6.45) is 1.68. The number of carbonyl (C=O) groups excluding carboxylic acids is 2. The van der Waals surface area contributed by atoms with Crippen LogP contribution in [-0.2, 0) is 11.3 Å². The predicted molar refractivity (Wildman–Crippen MR) is 150 cm³/mol. The fraction of sp³-hybridized carbons (Fsp3) is 0.233. The average Bonchev–Trinajstić information content (AvgIpc) is 3.13. The Balaban J connectivity index is 1.54. The second kappa shape index (κ2) is 11.4. The highest BCUT2D eigenvalue weighted by molar-refractivity contribution is 6.33. The summed E-state index contributed by atoms with van der Waals surface area (Å²) in [5.74, 6) is -0.953. The van der Waals surface area contributed by atoms with Crippen molar-refractivity contribution in [2.45, 2.75) is 40.3 Å². The van der Waals surface area contributed by atoms with Gasteiger partial charge in [0.05, 0.1) is 16.8 Å². The van der Waals surface area contributed by atoms with Crippen LogP contribution in [0.25, 0.3) is 10.9 Å². The smallest absolute Gasteiger partial charge is 0.262 e. The van der Waals surface area contributed by atoms with Gasteiger partial charge in [-0.3, -0.25) is 9.59 Å². The quantitative estimate of drug-likeness (QED) is 0.228. The Morgan fingerprint density at radius 1 is 1.00 bits per heavy atom. The van der Waals surface area contributed by atoms with Crippen LogP contribution in [0.1, 0.15) is 46.6 Å². The van der Waals surface area contributed by atoms with Crippen molar-refractivity contribution in [1.29, 1.82) is 0 Å². The summed E-state index contributed by atoms with van der Waals surface area (Å²) < 4.78 is 2.26. The molecule has 190 valence electrons. The van der Waals surface area contributed by atoms with Crippen LogP contribution in [0, 0.1) is 19.8 Å². The molecule has 4 rings (SSSR count). The number of hydrogen-bond donors (Lipinski definition) is 2. The summed E-state index contributed by atoms with van der Waals surface area (Å²) in [7, 11) is 0. The van der Waals surface area contributed by atoms with E-state index >= 15 is 0 Å². The van der Waals surface area contributed by atoms with Gasteiger partial charge in [0.2, 0.25) is 0 Å². The number of amides is 2. The highest BCUT2D eigenvalue weighted by Crippen LogP contribution is 2.26. The van der Waals surface area contributed by atoms with E-state index in [9.17, 15) is 9.59 Å². The first-order chi connectivity index (χ1) is 17.8. The maximum Gasteiger partial charge on any atom is 0.262 e. The van der Waals surface area contributed by atoms with Gasteiger partial charge in [0.15, 0.2) is 0 Å². The molecular formula is C30H31ClN4O2. The molecule has 0 radical (unpaired) electrons. The standard InChI is InChI=1S/C30H31ClN4O2/c1-19(2)28(33-29(36)24-13-5-7-14-26(24)31)30(37)34-32-17-25-21(4)35(27-15-8-6-12-23(25)27)18-22-11-9-10-20(3)16-22/h5-17,19,28H,18H2,1-4H3,(H,33,36)(H,34,37). The van der Waals surface area contributed by atoms with Gasteiger partial charge < -0.3 is 9.88 Å². The molecule has 1 aromatic heterocycles.